The highest BCUT2D eigenvalue weighted by atomic mass is 16.2. The van der Waals surface area contributed by atoms with Crippen LogP contribution in [-0.4, -0.2) is 47.9 Å². The highest BCUT2D eigenvalue weighted by molar-refractivity contribution is 5.96. The Hall–Kier alpha value is -2.64. The standard InChI is InChI=1S/C23H27N3O/c1-3-25(4-2)17-22-9-6-14-26(22)23(27)21-8-5-7-20(15-21)19-12-10-18(16-24)11-13-19/h5,7-8,10-13,15,22H,3-4,6,9,14,17H2,1-2H3/t22-/m0/s1. The summed E-state index contributed by atoms with van der Waals surface area (Å²) in [7, 11) is 0. The van der Waals surface area contributed by atoms with Gasteiger partial charge < -0.3 is 9.80 Å². The van der Waals surface area contributed by atoms with Gasteiger partial charge in [-0.3, -0.25) is 4.79 Å². The topological polar surface area (TPSA) is 47.3 Å². The number of carbonyl (C=O) groups excluding carboxylic acids is 1. The smallest absolute Gasteiger partial charge is 0.254 e. The molecule has 0 saturated carbocycles. The van der Waals surface area contributed by atoms with E-state index in [1.807, 2.05) is 48.5 Å². The monoisotopic (exact) mass is 361 g/mol. The number of rotatable bonds is 6. The van der Waals surface area contributed by atoms with Crippen LogP contribution in [-0.2, 0) is 0 Å². The van der Waals surface area contributed by atoms with Crippen LogP contribution in [0.2, 0.25) is 0 Å². The van der Waals surface area contributed by atoms with Crippen LogP contribution in [0.25, 0.3) is 11.1 Å². The molecular formula is C23H27N3O. The molecule has 0 unspecified atom stereocenters. The molecule has 1 aliphatic heterocycles. The van der Waals surface area contributed by atoms with E-state index in [9.17, 15) is 4.79 Å². The molecule has 4 heteroatoms. The lowest BCUT2D eigenvalue weighted by Gasteiger charge is -2.29. The second-order valence-electron chi connectivity index (χ2n) is 7.05. The molecule has 1 aliphatic rings. The lowest BCUT2D eigenvalue weighted by atomic mass is 10.0. The number of benzene rings is 2. The zero-order valence-electron chi connectivity index (χ0n) is 16.2. The first-order chi connectivity index (χ1) is 13.2. The van der Waals surface area contributed by atoms with Gasteiger partial charge in [0.15, 0.2) is 0 Å². The summed E-state index contributed by atoms with van der Waals surface area (Å²) < 4.78 is 0. The number of amides is 1. The van der Waals surface area contributed by atoms with Gasteiger partial charge in [0, 0.05) is 24.7 Å². The van der Waals surface area contributed by atoms with E-state index in [0.717, 1.165) is 55.7 Å². The average molecular weight is 361 g/mol. The van der Waals surface area contributed by atoms with Crippen LogP contribution in [0.15, 0.2) is 48.5 Å². The Kier molecular flexibility index (Phi) is 6.26. The van der Waals surface area contributed by atoms with Crippen LogP contribution in [0, 0.1) is 11.3 Å². The number of nitriles is 1. The normalized spacial score (nSPS) is 16.5. The molecule has 3 rings (SSSR count). The van der Waals surface area contributed by atoms with E-state index in [0.29, 0.717) is 11.6 Å². The van der Waals surface area contributed by atoms with E-state index in [4.69, 9.17) is 5.26 Å². The number of carbonyl (C=O) groups is 1. The van der Waals surface area contributed by atoms with Crippen LogP contribution in [0.3, 0.4) is 0 Å². The highest BCUT2D eigenvalue weighted by Gasteiger charge is 2.30. The molecule has 0 bridgehead atoms. The number of hydrogen-bond acceptors (Lipinski definition) is 3. The van der Waals surface area contributed by atoms with Crippen molar-refractivity contribution in [1.29, 1.82) is 5.26 Å². The van der Waals surface area contributed by atoms with Gasteiger partial charge in [0.05, 0.1) is 11.6 Å². The van der Waals surface area contributed by atoms with Crippen molar-refractivity contribution in [3.05, 3.63) is 59.7 Å². The van der Waals surface area contributed by atoms with Crippen molar-refractivity contribution < 1.29 is 4.79 Å². The SMILES string of the molecule is CCN(CC)C[C@@H]1CCCN1C(=O)c1cccc(-c2ccc(C#N)cc2)c1. The minimum atomic E-state index is 0.125. The second-order valence-corrected chi connectivity index (χ2v) is 7.05. The lowest BCUT2D eigenvalue weighted by Crippen LogP contribution is -2.43. The molecule has 2 aromatic carbocycles. The summed E-state index contributed by atoms with van der Waals surface area (Å²) in [4.78, 5) is 17.6. The van der Waals surface area contributed by atoms with Crippen LogP contribution >= 0.6 is 0 Å². The lowest BCUT2D eigenvalue weighted by molar-refractivity contribution is 0.0704. The van der Waals surface area contributed by atoms with E-state index in [2.05, 4.69) is 29.7 Å². The summed E-state index contributed by atoms with van der Waals surface area (Å²) in [6, 6.07) is 17.7. The summed E-state index contributed by atoms with van der Waals surface area (Å²) in [6.45, 7) is 8.17. The molecule has 0 aromatic heterocycles. The molecule has 2 aromatic rings. The Morgan fingerprint density at radius 2 is 1.89 bits per heavy atom. The predicted octanol–water partition coefficient (Wildman–Crippen LogP) is 4.17. The van der Waals surface area contributed by atoms with E-state index in [-0.39, 0.29) is 5.91 Å². The molecule has 1 fully saturated rings. The van der Waals surface area contributed by atoms with Crippen molar-refractivity contribution in [3.8, 4) is 17.2 Å². The first-order valence-corrected chi connectivity index (χ1v) is 9.80. The van der Waals surface area contributed by atoms with Crippen molar-refractivity contribution in [1.82, 2.24) is 9.80 Å². The Morgan fingerprint density at radius 3 is 2.56 bits per heavy atom. The predicted molar refractivity (Wildman–Crippen MR) is 108 cm³/mol. The zero-order chi connectivity index (χ0) is 19.2. The second kappa shape index (κ2) is 8.83. The third kappa shape index (κ3) is 4.37. The number of likely N-dealkylation sites (N-methyl/N-ethyl adjacent to an activating group) is 1. The maximum absolute atomic E-state index is 13.2. The summed E-state index contributed by atoms with van der Waals surface area (Å²) in [5, 5.41) is 8.96. The fourth-order valence-corrected chi connectivity index (χ4v) is 3.81. The Labute approximate surface area is 162 Å². The van der Waals surface area contributed by atoms with Crippen LogP contribution in [0.5, 0.6) is 0 Å². The molecule has 140 valence electrons. The van der Waals surface area contributed by atoms with E-state index < -0.39 is 0 Å². The number of hydrogen-bond donors (Lipinski definition) is 0. The minimum absolute atomic E-state index is 0.125. The fraction of sp³-hybridized carbons (Fsp3) is 0.391. The van der Waals surface area contributed by atoms with Gasteiger partial charge in [0.1, 0.15) is 0 Å². The third-order valence-electron chi connectivity index (χ3n) is 5.46. The highest BCUT2D eigenvalue weighted by Crippen LogP contribution is 2.25. The van der Waals surface area contributed by atoms with Crippen molar-refractivity contribution in [2.75, 3.05) is 26.2 Å². The van der Waals surface area contributed by atoms with Crippen molar-refractivity contribution >= 4 is 5.91 Å². The van der Waals surface area contributed by atoms with Gasteiger partial charge in [-0.25, -0.2) is 0 Å². The molecule has 1 saturated heterocycles. The van der Waals surface area contributed by atoms with Crippen LogP contribution in [0.1, 0.15) is 42.6 Å². The molecular weight excluding hydrogens is 334 g/mol. The van der Waals surface area contributed by atoms with Gasteiger partial charge in [-0.15, -0.1) is 0 Å². The van der Waals surface area contributed by atoms with E-state index in [1.54, 1.807) is 0 Å². The fourth-order valence-electron chi connectivity index (χ4n) is 3.81. The van der Waals surface area contributed by atoms with E-state index >= 15 is 0 Å². The maximum atomic E-state index is 13.2. The quantitative estimate of drug-likeness (QED) is 0.776. The Morgan fingerprint density at radius 1 is 1.15 bits per heavy atom. The van der Waals surface area contributed by atoms with Gasteiger partial charge in [-0.1, -0.05) is 38.1 Å². The number of likely N-dealkylation sites (tertiary alicyclic amines) is 1. The summed E-state index contributed by atoms with van der Waals surface area (Å²) in [6.07, 6.45) is 2.16. The van der Waals surface area contributed by atoms with Crippen molar-refractivity contribution in [2.45, 2.75) is 32.7 Å². The summed E-state index contributed by atoms with van der Waals surface area (Å²) in [5.74, 6) is 0.125. The van der Waals surface area contributed by atoms with Crippen molar-refractivity contribution in [2.24, 2.45) is 0 Å². The van der Waals surface area contributed by atoms with Gasteiger partial charge in [0.2, 0.25) is 0 Å². The first-order valence-electron chi connectivity index (χ1n) is 9.80. The van der Waals surface area contributed by atoms with Crippen molar-refractivity contribution in [3.63, 3.8) is 0 Å². The third-order valence-corrected chi connectivity index (χ3v) is 5.46. The first kappa shape index (κ1) is 19.1. The molecule has 27 heavy (non-hydrogen) atoms. The Balaban J connectivity index is 1.79. The number of nitrogens with zero attached hydrogens (tertiary/aromatic N) is 3. The van der Waals surface area contributed by atoms with E-state index in [1.165, 1.54) is 0 Å². The molecule has 1 atom stereocenters. The van der Waals surface area contributed by atoms with Gasteiger partial charge >= 0.3 is 0 Å². The molecule has 0 radical (unpaired) electrons. The Bertz CT molecular complexity index is 818. The molecule has 1 amide bonds. The molecule has 0 aliphatic carbocycles. The minimum Gasteiger partial charge on any atom is -0.334 e. The molecule has 1 heterocycles. The van der Waals surface area contributed by atoms with Crippen LogP contribution in [0.4, 0.5) is 0 Å². The maximum Gasteiger partial charge on any atom is 0.254 e. The molecule has 0 spiro atoms. The largest absolute Gasteiger partial charge is 0.334 e. The average Bonchev–Trinajstić information content (AvgIpc) is 3.19. The molecule has 4 nitrogen and oxygen atoms in total. The summed E-state index contributed by atoms with van der Waals surface area (Å²) in [5.41, 5.74) is 3.40. The summed E-state index contributed by atoms with van der Waals surface area (Å²) >= 11 is 0. The van der Waals surface area contributed by atoms with Gasteiger partial charge in [-0.2, -0.15) is 5.26 Å². The molecule has 0 N–H and O–H groups in total. The van der Waals surface area contributed by atoms with Gasteiger partial charge in [0.25, 0.3) is 5.91 Å². The van der Waals surface area contributed by atoms with Crippen LogP contribution < -0.4 is 0 Å². The van der Waals surface area contributed by atoms with Gasteiger partial charge in [-0.05, 0) is 61.3 Å². The zero-order valence-corrected chi connectivity index (χ0v) is 16.2.